The summed E-state index contributed by atoms with van der Waals surface area (Å²) in [5.74, 6) is -0.681. The van der Waals surface area contributed by atoms with Crippen LogP contribution in [0.25, 0.3) is 6.08 Å². The van der Waals surface area contributed by atoms with Gasteiger partial charge in [-0.3, -0.25) is 0 Å². The summed E-state index contributed by atoms with van der Waals surface area (Å²) >= 11 is 0. The van der Waals surface area contributed by atoms with E-state index in [1.165, 1.54) is 0 Å². The van der Waals surface area contributed by atoms with E-state index in [0.717, 1.165) is 17.5 Å². The van der Waals surface area contributed by atoms with Crippen molar-refractivity contribution in [2.24, 2.45) is 0 Å². The van der Waals surface area contributed by atoms with Crippen LogP contribution >= 0.6 is 0 Å². The molecule has 0 aliphatic rings. The van der Waals surface area contributed by atoms with E-state index in [9.17, 15) is 9.90 Å². The number of phenols is 1. The van der Waals surface area contributed by atoms with Crippen LogP contribution in [0, 0.1) is 0 Å². The van der Waals surface area contributed by atoms with Crippen LogP contribution in [0.3, 0.4) is 0 Å². The van der Waals surface area contributed by atoms with Crippen molar-refractivity contribution in [3.8, 4) is 5.75 Å². The van der Waals surface area contributed by atoms with Crippen molar-refractivity contribution in [1.82, 2.24) is 0 Å². The molecule has 86 valence electrons. The molecule has 0 atom stereocenters. The number of benzene rings is 1. The molecule has 0 amide bonds. The highest BCUT2D eigenvalue weighted by Gasteiger charge is 2.06. The number of aromatic hydroxyl groups is 1. The molecule has 1 aromatic rings. The molecule has 1 rings (SSSR count). The minimum absolute atomic E-state index is 0.211. The van der Waals surface area contributed by atoms with Crippen LogP contribution < -0.4 is 0 Å². The minimum atomic E-state index is -0.891. The molecule has 0 saturated carbocycles. The molecular weight excluding hydrogens is 204 g/mol. The Morgan fingerprint density at radius 3 is 2.56 bits per heavy atom. The summed E-state index contributed by atoms with van der Waals surface area (Å²) in [6.45, 7) is 3.78. The van der Waals surface area contributed by atoms with Gasteiger partial charge in [-0.15, -0.1) is 0 Å². The van der Waals surface area contributed by atoms with E-state index in [0.29, 0.717) is 12.0 Å². The zero-order chi connectivity index (χ0) is 12.1. The van der Waals surface area contributed by atoms with E-state index in [-0.39, 0.29) is 5.75 Å². The van der Waals surface area contributed by atoms with Crippen molar-refractivity contribution >= 4 is 12.0 Å². The van der Waals surface area contributed by atoms with Crippen molar-refractivity contribution < 1.29 is 15.0 Å². The van der Waals surface area contributed by atoms with Gasteiger partial charge in [0.05, 0.1) is 0 Å². The Balaban J connectivity index is 3.17. The number of phenolic OH excluding ortho intramolecular Hbond substituents is 1. The predicted molar refractivity (Wildman–Crippen MR) is 63.4 cm³/mol. The van der Waals surface area contributed by atoms with Crippen LogP contribution in [0.5, 0.6) is 5.75 Å². The van der Waals surface area contributed by atoms with Gasteiger partial charge in [0.2, 0.25) is 0 Å². The number of hydrogen-bond acceptors (Lipinski definition) is 2. The molecule has 0 radical (unpaired) electrons. The Hall–Kier alpha value is -1.77. The summed E-state index contributed by atoms with van der Waals surface area (Å²) in [5, 5.41) is 18.3. The molecule has 0 saturated heterocycles. The number of rotatable bonds is 4. The number of carboxylic acid groups (broad SMARTS) is 1. The van der Waals surface area contributed by atoms with Gasteiger partial charge in [0.15, 0.2) is 0 Å². The molecule has 3 nitrogen and oxygen atoms in total. The average Bonchev–Trinajstić information content (AvgIpc) is 2.26. The lowest BCUT2D eigenvalue weighted by molar-refractivity contribution is -0.132. The van der Waals surface area contributed by atoms with Gasteiger partial charge in [0.1, 0.15) is 5.75 Å². The van der Waals surface area contributed by atoms with Crippen LogP contribution in [0.4, 0.5) is 0 Å². The molecule has 0 bridgehead atoms. The van der Waals surface area contributed by atoms with Gasteiger partial charge in [0, 0.05) is 5.57 Å². The van der Waals surface area contributed by atoms with Gasteiger partial charge < -0.3 is 10.2 Å². The minimum Gasteiger partial charge on any atom is -0.508 e. The van der Waals surface area contributed by atoms with E-state index in [1.54, 1.807) is 24.3 Å². The smallest absolute Gasteiger partial charge is 0.331 e. The SMILES string of the molecule is CCC(=Cc1ccc(O)cc1CC)C(=O)O. The van der Waals surface area contributed by atoms with E-state index >= 15 is 0 Å². The molecule has 0 aliphatic carbocycles. The zero-order valence-corrected chi connectivity index (χ0v) is 9.53. The quantitative estimate of drug-likeness (QED) is 0.767. The second-order valence-corrected chi connectivity index (χ2v) is 3.56. The summed E-state index contributed by atoms with van der Waals surface area (Å²) in [6, 6.07) is 4.98. The second-order valence-electron chi connectivity index (χ2n) is 3.56. The van der Waals surface area contributed by atoms with Crippen LogP contribution in [0.15, 0.2) is 23.8 Å². The van der Waals surface area contributed by atoms with Gasteiger partial charge in [-0.25, -0.2) is 4.79 Å². The Kier molecular flexibility index (Phi) is 4.11. The number of carboxylic acids is 1. The van der Waals surface area contributed by atoms with Gasteiger partial charge in [-0.1, -0.05) is 19.9 Å². The lowest BCUT2D eigenvalue weighted by Gasteiger charge is -2.05. The molecule has 0 fully saturated rings. The molecular formula is C13H16O3. The van der Waals surface area contributed by atoms with Crippen molar-refractivity contribution in [2.75, 3.05) is 0 Å². The summed E-state index contributed by atoms with van der Waals surface area (Å²) in [4.78, 5) is 10.9. The summed E-state index contributed by atoms with van der Waals surface area (Å²) < 4.78 is 0. The van der Waals surface area contributed by atoms with Crippen LogP contribution in [-0.2, 0) is 11.2 Å². The van der Waals surface area contributed by atoms with E-state index in [4.69, 9.17) is 5.11 Å². The highest BCUT2D eigenvalue weighted by Crippen LogP contribution is 2.20. The average molecular weight is 220 g/mol. The van der Waals surface area contributed by atoms with Crippen molar-refractivity contribution in [2.45, 2.75) is 26.7 Å². The Labute approximate surface area is 95.0 Å². The maximum absolute atomic E-state index is 10.9. The molecule has 3 heteroatoms. The van der Waals surface area contributed by atoms with Gasteiger partial charge in [0.25, 0.3) is 0 Å². The third-order valence-electron chi connectivity index (χ3n) is 2.49. The largest absolute Gasteiger partial charge is 0.508 e. The third kappa shape index (κ3) is 2.86. The Bertz CT molecular complexity index is 419. The molecule has 16 heavy (non-hydrogen) atoms. The molecule has 0 heterocycles. The molecule has 0 spiro atoms. The number of hydrogen-bond donors (Lipinski definition) is 2. The molecule has 2 N–H and O–H groups in total. The van der Waals surface area contributed by atoms with Crippen LogP contribution in [0.1, 0.15) is 31.4 Å². The monoisotopic (exact) mass is 220 g/mol. The topological polar surface area (TPSA) is 57.5 Å². The normalized spacial score (nSPS) is 11.5. The highest BCUT2D eigenvalue weighted by molar-refractivity contribution is 5.92. The fraction of sp³-hybridized carbons (Fsp3) is 0.308. The van der Waals surface area contributed by atoms with E-state index < -0.39 is 5.97 Å². The maximum atomic E-state index is 10.9. The second kappa shape index (κ2) is 5.35. The Morgan fingerprint density at radius 2 is 2.06 bits per heavy atom. The highest BCUT2D eigenvalue weighted by atomic mass is 16.4. The van der Waals surface area contributed by atoms with Gasteiger partial charge >= 0.3 is 5.97 Å². The van der Waals surface area contributed by atoms with E-state index in [2.05, 4.69) is 0 Å². The first-order valence-corrected chi connectivity index (χ1v) is 5.34. The van der Waals surface area contributed by atoms with Crippen molar-refractivity contribution in [3.63, 3.8) is 0 Å². The first-order chi connectivity index (χ1) is 7.58. The van der Waals surface area contributed by atoms with E-state index in [1.807, 2.05) is 13.8 Å². The van der Waals surface area contributed by atoms with Crippen molar-refractivity contribution in [1.29, 1.82) is 0 Å². The zero-order valence-electron chi connectivity index (χ0n) is 9.53. The van der Waals surface area contributed by atoms with Crippen LogP contribution in [-0.4, -0.2) is 16.2 Å². The fourth-order valence-electron chi connectivity index (χ4n) is 1.54. The maximum Gasteiger partial charge on any atom is 0.331 e. The predicted octanol–water partition coefficient (Wildman–Crippen LogP) is 2.83. The fourth-order valence-corrected chi connectivity index (χ4v) is 1.54. The number of carbonyl (C=O) groups is 1. The standard InChI is InChI=1S/C13H16O3/c1-3-9-8-12(14)6-5-11(9)7-10(4-2)13(15)16/h5-8,14H,3-4H2,1-2H3,(H,15,16). The lowest BCUT2D eigenvalue weighted by Crippen LogP contribution is -1.99. The molecule has 0 aromatic heterocycles. The lowest BCUT2D eigenvalue weighted by atomic mass is 10.0. The van der Waals surface area contributed by atoms with Gasteiger partial charge in [-0.05, 0) is 42.2 Å². The summed E-state index contributed by atoms with van der Waals surface area (Å²) in [7, 11) is 0. The van der Waals surface area contributed by atoms with Crippen molar-refractivity contribution in [3.05, 3.63) is 34.9 Å². The first kappa shape index (κ1) is 12.3. The van der Waals surface area contributed by atoms with Crippen LogP contribution in [0.2, 0.25) is 0 Å². The summed E-state index contributed by atoms with van der Waals surface area (Å²) in [5.41, 5.74) is 2.19. The number of aliphatic carboxylic acids is 1. The van der Waals surface area contributed by atoms with Gasteiger partial charge in [-0.2, -0.15) is 0 Å². The first-order valence-electron chi connectivity index (χ1n) is 5.34. The molecule has 0 unspecified atom stereocenters. The summed E-state index contributed by atoms with van der Waals surface area (Å²) in [6.07, 6.45) is 2.91. The number of aryl methyl sites for hydroxylation is 1. The Morgan fingerprint density at radius 1 is 1.38 bits per heavy atom. The third-order valence-corrected chi connectivity index (χ3v) is 2.49. The molecule has 0 aliphatic heterocycles. The molecule has 1 aromatic carbocycles.